The Balaban J connectivity index is 0.00000264. The molecule has 1 unspecified atom stereocenters. The van der Waals surface area contributed by atoms with Gasteiger partial charge in [-0.25, -0.2) is 0 Å². The van der Waals surface area contributed by atoms with Crippen LogP contribution in [0.25, 0.3) is 0 Å². The molecule has 2 N–H and O–H groups in total. The zero-order valence-corrected chi connectivity index (χ0v) is 14.5. The summed E-state index contributed by atoms with van der Waals surface area (Å²) in [7, 11) is 0. The Morgan fingerprint density at radius 1 is 1.00 bits per heavy atom. The maximum atomic E-state index is 12.0. The van der Waals surface area contributed by atoms with Crippen LogP contribution >= 0.6 is 0 Å². The molecule has 0 spiro atoms. The lowest BCUT2D eigenvalue weighted by molar-refractivity contribution is -0.686. The minimum absolute atomic E-state index is 0. The molecule has 0 heterocycles. The Morgan fingerprint density at radius 3 is 2.26 bits per heavy atom. The average molecular weight is 332 g/mol. The smallest absolute Gasteiger partial charge is 0.163 e. The molecule has 2 nitrogen and oxygen atoms in total. The molecule has 1 atom stereocenters. The molecule has 23 heavy (non-hydrogen) atoms. The van der Waals surface area contributed by atoms with E-state index in [-0.39, 0.29) is 18.2 Å². The normalized spacial score (nSPS) is 11.5. The highest BCUT2D eigenvalue weighted by Crippen LogP contribution is 2.05. The van der Waals surface area contributed by atoms with E-state index in [9.17, 15) is 4.79 Å². The van der Waals surface area contributed by atoms with Crippen LogP contribution in [0.2, 0.25) is 0 Å². The molecule has 0 bridgehead atoms. The van der Waals surface area contributed by atoms with Crippen molar-refractivity contribution in [3.8, 4) is 0 Å². The molecular formula is C20H26ClNO. The summed E-state index contributed by atoms with van der Waals surface area (Å²) >= 11 is 0. The number of nitrogens with two attached hydrogens (primary N) is 1. The number of benzene rings is 2. The second-order valence-electron chi connectivity index (χ2n) is 5.92. The topological polar surface area (TPSA) is 33.7 Å². The van der Waals surface area contributed by atoms with Crippen molar-refractivity contribution in [3.05, 3.63) is 71.8 Å². The molecule has 0 aliphatic rings. The van der Waals surface area contributed by atoms with E-state index >= 15 is 0 Å². The lowest BCUT2D eigenvalue weighted by Gasteiger charge is -2.10. The first kappa shape index (κ1) is 19.4. The first-order valence-electron chi connectivity index (χ1n) is 8.21. The van der Waals surface area contributed by atoms with Crippen LogP contribution in [0.5, 0.6) is 0 Å². The predicted octanol–water partition coefficient (Wildman–Crippen LogP) is 0.238. The third-order valence-corrected chi connectivity index (χ3v) is 4.00. The van der Waals surface area contributed by atoms with Gasteiger partial charge < -0.3 is 17.7 Å². The summed E-state index contributed by atoms with van der Waals surface area (Å²) < 4.78 is 0. The fourth-order valence-corrected chi connectivity index (χ4v) is 2.59. The van der Waals surface area contributed by atoms with Gasteiger partial charge in [-0.05, 0) is 18.9 Å². The highest BCUT2D eigenvalue weighted by atomic mass is 35.5. The van der Waals surface area contributed by atoms with Gasteiger partial charge in [0.15, 0.2) is 5.78 Å². The quantitative estimate of drug-likeness (QED) is 0.518. The van der Waals surface area contributed by atoms with Crippen molar-refractivity contribution in [1.29, 1.82) is 0 Å². The second kappa shape index (κ2) is 11.0. The van der Waals surface area contributed by atoms with Crippen LogP contribution in [0.1, 0.15) is 42.1 Å². The van der Waals surface area contributed by atoms with Crippen LogP contribution < -0.4 is 17.7 Å². The molecule has 2 rings (SSSR count). The summed E-state index contributed by atoms with van der Waals surface area (Å²) in [6, 6.07) is 20.8. The van der Waals surface area contributed by atoms with Crippen LogP contribution in [0.4, 0.5) is 0 Å². The largest absolute Gasteiger partial charge is 1.00 e. The molecule has 0 aromatic heterocycles. The van der Waals surface area contributed by atoms with Crippen LogP contribution in [-0.2, 0) is 6.42 Å². The summed E-state index contributed by atoms with van der Waals surface area (Å²) in [6.07, 6.45) is 3.90. The van der Waals surface area contributed by atoms with E-state index in [0.29, 0.717) is 12.5 Å². The zero-order chi connectivity index (χ0) is 15.6. The van der Waals surface area contributed by atoms with Gasteiger partial charge >= 0.3 is 0 Å². The van der Waals surface area contributed by atoms with Gasteiger partial charge in [-0.2, -0.15) is 0 Å². The van der Waals surface area contributed by atoms with E-state index in [1.54, 1.807) is 0 Å². The molecule has 0 saturated heterocycles. The van der Waals surface area contributed by atoms with Crippen molar-refractivity contribution >= 4 is 5.78 Å². The first-order valence-corrected chi connectivity index (χ1v) is 8.21. The van der Waals surface area contributed by atoms with Crippen LogP contribution in [-0.4, -0.2) is 18.4 Å². The Morgan fingerprint density at radius 2 is 1.61 bits per heavy atom. The number of Topliss-reactive ketones (excluding diaryl/α,β-unsaturated/α-hetero) is 1. The third kappa shape index (κ3) is 7.45. The van der Waals surface area contributed by atoms with E-state index in [1.807, 2.05) is 30.3 Å². The number of carbonyl (C=O) groups is 1. The van der Waals surface area contributed by atoms with Crippen molar-refractivity contribution in [2.24, 2.45) is 0 Å². The number of aryl methyl sites for hydroxylation is 1. The number of hydrogen-bond donors (Lipinski definition) is 1. The molecule has 0 aliphatic carbocycles. The number of ketones is 1. The van der Waals surface area contributed by atoms with Gasteiger partial charge in [0, 0.05) is 24.8 Å². The minimum Gasteiger partial charge on any atom is -1.00 e. The van der Waals surface area contributed by atoms with E-state index in [0.717, 1.165) is 24.9 Å². The average Bonchev–Trinajstić information content (AvgIpc) is 2.58. The molecule has 124 valence electrons. The van der Waals surface area contributed by atoms with Crippen LogP contribution in [0.3, 0.4) is 0 Å². The van der Waals surface area contributed by atoms with Gasteiger partial charge in [0.2, 0.25) is 0 Å². The van der Waals surface area contributed by atoms with E-state index < -0.39 is 0 Å². The highest BCUT2D eigenvalue weighted by Gasteiger charge is 2.08. The number of hydrogen-bond acceptors (Lipinski definition) is 1. The summed E-state index contributed by atoms with van der Waals surface area (Å²) in [5, 5.41) is 2.36. The van der Waals surface area contributed by atoms with Gasteiger partial charge in [0.25, 0.3) is 0 Å². The van der Waals surface area contributed by atoms with Crippen molar-refractivity contribution in [1.82, 2.24) is 0 Å². The predicted molar refractivity (Wildman–Crippen MR) is 91.0 cm³/mol. The van der Waals surface area contributed by atoms with E-state index in [1.165, 1.54) is 12.0 Å². The Labute approximate surface area is 145 Å². The second-order valence-corrected chi connectivity index (χ2v) is 5.92. The molecule has 0 saturated carbocycles. The van der Waals surface area contributed by atoms with Gasteiger partial charge in [-0.1, -0.05) is 60.7 Å². The number of halogens is 1. The summed E-state index contributed by atoms with van der Waals surface area (Å²) in [4.78, 5) is 12.0. The monoisotopic (exact) mass is 331 g/mol. The Bertz CT molecular complexity index is 556. The lowest BCUT2D eigenvalue weighted by Crippen LogP contribution is -3.00. The molecule has 0 amide bonds. The van der Waals surface area contributed by atoms with Crippen molar-refractivity contribution in [2.45, 2.75) is 38.6 Å². The maximum absolute atomic E-state index is 12.0. The number of carbonyl (C=O) groups excluding carboxylic acids is 1. The summed E-state index contributed by atoms with van der Waals surface area (Å²) in [6.45, 7) is 3.29. The maximum Gasteiger partial charge on any atom is 0.163 e. The van der Waals surface area contributed by atoms with Crippen LogP contribution in [0.15, 0.2) is 60.7 Å². The fourth-order valence-electron chi connectivity index (χ4n) is 2.59. The minimum atomic E-state index is 0. The van der Waals surface area contributed by atoms with Crippen molar-refractivity contribution in [2.75, 3.05) is 6.54 Å². The molecular weight excluding hydrogens is 306 g/mol. The van der Waals surface area contributed by atoms with Gasteiger partial charge in [-0.15, -0.1) is 0 Å². The van der Waals surface area contributed by atoms with Gasteiger partial charge in [0.05, 0.1) is 12.6 Å². The standard InChI is InChI=1S/C20H25NO.ClH/c1-17(14-15-18-9-4-2-5-10-18)21-16-8-13-20(22)19-11-6-3-7-12-19;/h2-7,9-12,17,21H,8,13-16H2,1H3;1H. The van der Waals surface area contributed by atoms with E-state index in [2.05, 4.69) is 42.6 Å². The molecule has 2 aromatic rings. The Kier molecular flexibility index (Phi) is 9.27. The molecule has 2 aromatic carbocycles. The molecule has 0 fully saturated rings. The molecule has 0 aliphatic heterocycles. The zero-order valence-electron chi connectivity index (χ0n) is 13.7. The van der Waals surface area contributed by atoms with E-state index in [4.69, 9.17) is 0 Å². The number of rotatable bonds is 9. The first-order chi connectivity index (χ1) is 10.8. The molecule has 3 heteroatoms. The lowest BCUT2D eigenvalue weighted by atomic mass is 10.1. The third-order valence-electron chi connectivity index (χ3n) is 4.00. The number of quaternary nitrogens is 1. The van der Waals surface area contributed by atoms with Crippen molar-refractivity contribution < 1.29 is 22.5 Å². The molecule has 0 radical (unpaired) electrons. The van der Waals surface area contributed by atoms with Gasteiger partial charge in [-0.3, -0.25) is 4.79 Å². The Hall–Kier alpha value is -1.64. The fraction of sp³-hybridized carbons (Fsp3) is 0.350. The highest BCUT2D eigenvalue weighted by molar-refractivity contribution is 5.95. The van der Waals surface area contributed by atoms with Crippen LogP contribution in [0, 0.1) is 0 Å². The SMILES string of the molecule is CC(CCc1ccccc1)[NH2+]CCCC(=O)c1ccccc1.[Cl-]. The van der Waals surface area contributed by atoms with Crippen molar-refractivity contribution in [3.63, 3.8) is 0 Å². The van der Waals surface area contributed by atoms with Gasteiger partial charge in [0.1, 0.15) is 0 Å². The summed E-state index contributed by atoms with van der Waals surface area (Å²) in [5.74, 6) is 0.255. The summed E-state index contributed by atoms with van der Waals surface area (Å²) in [5.41, 5.74) is 2.24.